The molecule has 0 saturated heterocycles. The number of hydrogen-bond donors (Lipinski definition) is 1. The van der Waals surface area contributed by atoms with Crippen molar-refractivity contribution in [3.8, 4) is 0 Å². The maximum Gasteiger partial charge on any atom is 0.115 e. The van der Waals surface area contributed by atoms with Gasteiger partial charge in [-0.15, -0.1) is 0 Å². The van der Waals surface area contributed by atoms with Gasteiger partial charge in [-0.05, 0) is 12.8 Å². The molecule has 0 amide bonds. The summed E-state index contributed by atoms with van der Waals surface area (Å²) in [5, 5.41) is 3.44. The highest BCUT2D eigenvalue weighted by Crippen LogP contribution is 2.22. The van der Waals surface area contributed by atoms with Crippen molar-refractivity contribution in [1.29, 1.82) is 0 Å². The van der Waals surface area contributed by atoms with E-state index in [9.17, 15) is 0 Å². The van der Waals surface area contributed by atoms with Gasteiger partial charge in [0.2, 0.25) is 0 Å². The Morgan fingerprint density at radius 2 is 2.14 bits per heavy atom. The minimum absolute atomic E-state index is 0.458. The Labute approximate surface area is 83.7 Å². The van der Waals surface area contributed by atoms with Gasteiger partial charge in [0.25, 0.3) is 0 Å². The van der Waals surface area contributed by atoms with E-state index in [2.05, 4.69) is 15.3 Å². The van der Waals surface area contributed by atoms with Gasteiger partial charge in [-0.25, -0.2) is 9.97 Å². The Morgan fingerprint density at radius 3 is 2.79 bits per heavy atom. The van der Waals surface area contributed by atoms with Crippen LogP contribution in [0.3, 0.4) is 0 Å². The van der Waals surface area contributed by atoms with E-state index in [0.29, 0.717) is 12.1 Å². The zero-order valence-electron chi connectivity index (χ0n) is 8.31. The predicted molar refractivity (Wildman–Crippen MR) is 52.7 cm³/mol. The third-order valence-corrected chi connectivity index (χ3v) is 2.64. The number of rotatable bonds is 4. The summed E-state index contributed by atoms with van der Waals surface area (Å²) in [7, 11) is 1.77. The smallest absolute Gasteiger partial charge is 0.115 e. The van der Waals surface area contributed by atoms with E-state index in [4.69, 9.17) is 4.74 Å². The van der Waals surface area contributed by atoms with Crippen LogP contribution in [-0.4, -0.2) is 29.2 Å². The molecule has 0 radical (unpaired) electrons. The van der Waals surface area contributed by atoms with E-state index in [1.807, 2.05) is 12.4 Å². The second-order valence-electron chi connectivity index (χ2n) is 3.65. The van der Waals surface area contributed by atoms with Crippen LogP contribution < -0.4 is 5.32 Å². The Morgan fingerprint density at radius 1 is 1.43 bits per heavy atom. The summed E-state index contributed by atoms with van der Waals surface area (Å²) in [6.45, 7) is 0.849. The highest BCUT2D eigenvalue weighted by Gasteiger charge is 2.28. The number of aromatic nitrogens is 2. The largest absolute Gasteiger partial charge is 0.381 e. The normalized spacial score (nSPS) is 25.8. The topological polar surface area (TPSA) is 47.0 Å². The second kappa shape index (κ2) is 4.48. The third kappa shape index (κ3) is 2.27. The lowest BCUT2D eigenvalue weighted by atomic mass is 9.89. The lowest BCUT2D eigenvalue weighted by Crippen LogP contribution is -2.44. The molecule has 0 unspecified atom stereocenters. The SMILES string of the molecule is COC1CC(NCc2cncnc2)C1. The Hall–Kier alpha value is -1.00. The molecule has 0 aromatic carbocycles. The molecule has 1 aliphatic rings. The minimum atomic E-state index is 0.458. The second-order valence-corrected chi connectivity index (χ2v) is 3.65. The summed E-state index contributed by atoms with van der Waals surface area (Å²) in [5.74, 6) is 0. The number of hydrogen-bond acceptors (Lipinski definition) is 4. The lowest BCUT2D eigenvalue weighted by molar-refractivity contribution is 0.0170. The van der Waals surface area contributed by atoms with Gasteiger partial charge >= 0.3 is 0 Å². The predicted octanol–water partition coefficient (Wildman–Crippen LogP) is 0.744. The van der Waals surface area contributed by atoms with E-state index in [0.717, 1.165) is 24.9 Å². The molecule has 0 spiro atoms. The van der Waals surface area contributed by atoms with Crippen LogP contribution >= 0.6 is 0 Å². The van der Waals surface area contributed by atoms with Gasteiger partial charge in [0, 0.05) is 37.7 Å². The van der Waals surface area contributed by atoms with Gasteiger partial charge < -0.3 is 10.1 Å². The van der Waals surface area contributed by atoms with Crippen LogP contribution in [0.1, 0.15) is 18.4 Å². The van der Waals surface area contributed by atoms with Gasteiger partial charge in [0.15, 0.2) is 0 Å². The van der Waals surface area contributed by atoms with Crippen molar-refractivity contribution in [3.05, 3.63) is 24.3 Å². The summed E-state index contributed by atoms with van der Waals surface area (Å²) in [6, 6.07) is 0.597. The number of ether oxygens (including phenoxy) is 1. The first-order chi connectivity index (χ1) is 6.88. The maximum atomic E-state index is 5.20. The van der Waals surface area contributed by atoms with Crippen molar-refractivity contribution in [2.75, 3.05) is 7.11 Å². The molecule has 0 atom stereocenters. The van der Waals surface area contributed by atoms with Gasteiger partial charge in [0.1, 0.15) is 6.33 Å². The molecule has 0 bridgehead atoms. The van der Waals surface area contributed by atoms with Gasteiger partial charge in [-0.2, -0.15) is 0 Å². The summed E-state index contributed by atoms with van der Waals surface area (Å²) in [4.78, 5) is 7.92. The molecule has 14 heavy (non-hydrogen) atoms. The molecule has 1 fully saturated rings. The van der Waals surface area contributed by atoms with Gasteiger partial charge in [-0.1, -0.05) is 0 Å². The van der Waals surface area contributed by atoms with E-state index >= 15 is 0 Å². The highest BCUT2D eigenvalue weighted by atomic mass is 16.5. The Kier molecular flexibility index (Phi) is 3.06. The maximum absolute atomic E-state index is 5.20. The first-order valence-electron chi connectivity index (χ1n) is 4.88. The standard InChI is InChI=1S/C10H15N3O/c1-14-10-2-9(3-10)13-6-8-4-11-7-12-5-8/h4-5,7,9-10,13H,2-3,6H2,1H3. The van der Waals surface area contributed by atoms with Gasteiger partial charge in [-0.3, -0.25) is 0 Å². The van der Waals surface area contributed by atoms with E-state index in [1.54, 1.807) is 13.4 Å². The molecule has 76 valence electrons. The first-order valence-corrected chi connectivity index (χ1v) is 4.88. The van der Waals surface area contributed by atoms with Crippen LogP contribution in [0, 0.1) is 0 Å². The number of methoxy groups -OCH3 is 1. The monoisotopic (exact) mass is 193 g/mol. The molecule has 2 rings (SSSR count). The Bertz CT molecular complexity index is 272. The zero-order valence-corrected chi connectivity index (χ0v) is 8.31. The van der Waals surface area contributed by atoms with Crippen LogP contribution in [0.5, 0.6) is 0 Å². The molecule has 4 heteroatoms. The lowest BCUT2D eigenvalue weighted by Gasteiger charge is -2.34. The summed E-state index contributed by atoms with van der Waals surface area (Å²) < 4.78 is 5.20. The Balaban J connectivity index is 1.69. The van der Waals surface area contributed by atoms with Crippen molar-refractivity contribution < 1.29 is 4.74 Å². The molecule has 1 saturated carbocycles. The van der Waals surface area contributed by atoms with Crippen molar-refractivity contribution >= 4 is 0 Å². The molecule has 1 heterocycles. The first kappa shape index (κ1) is 9.55. The van der Waals surface area contributed by atoms with Crippen LogP contribution in [-0.2, 0) is 11.3 Å². The average molecular weight is 193 g/mol. The van der Waals surface area contributed by atoms with Crippen molar-refractivity contribution in [2.45, 2.75) is 31.5 Å². The fourth-order valence-corrected chi connectivity index (χ4v) is 1.61. The molecule has 0 aliphatic heterocycles. The molecular weight excluding hydrogens is 178 g/mol. The summed E-state index contributed by atoms with van der Waals surface area (Å²) in [6.07, 6.45) is 7.92. The molecule has 1 aromatic heterocycles. The minimum Gasteiger partial charge on any atom is -0.381 e. The number of nitrogens with zero attached hydrogens (tertiary/aromatic N) is 2. The summed E-state index contributed by atoms with van der Waals surface area (Å²) in [5.41, 5.74) is 1.13. The third-order valence-electron chi connectivity index (χ3n) is 2.64. The molecule has 1 N–H and O–H groups in total. The van der Waals surface area contributed by atoms with E-state index < -0.39 is 0 Å². The van der Waals surface area contributed by atoms with Crippen molar-refractivity contribution in [2.24, 2.45) is 0 Å². The van der Waals surface area contributed by atoms with Crippen molar-refractivity contribution in [1.82, 2.24) is 15.3 Å². The fourth-order valence-electron chi connectivity index (χ4n) is 1.61. The van der Waals surface area contributed by atoms with Crippen LogP contribution in [0.15, 0.2) is 18.7 Å². The van der Waals surface area contributed by atoms with Crippen molar-refractivity contribution in [3.63, 3.8) is 0 Å². The van der Waals surface area contributed by atoms with E-state index in [1.165, 1.54) is 0 Å². The molecule has 1 aliphatic carbocycles. The number of nitrogens with one attached hydrogen (secondary N) is 1. The molecule has 1 aromatic rings. The van der Waals surface area contributed by atoms with Crippen LogP contribution in [0.25, 0.3) is 0 Å². The van der Waals surface area contributed by atoms with Crippen LogP contribution in [0.4, 0.5) is 0 Å². The zero-order chi connectivity index (χ0) is 9.80. The van der Waals surface area contributed by atoms with E-state index in [-0.39, 0.29) is 0 Å². The average Bonchev–Trinajstić information content (AvgIpc) is 2.17. The highest BCUT2D eigenvalue weighted by molar-refractivity contribution is 5.02. The fraction of sp³-hybridized carbons (Fsp3) is 0.600. The quantitative estimate of drug-likeness (QED) is 0.766. The van der Waals surface area contributed by atoms with Crippen LogP contribution in [0.2, 0.25) is 0 Å². The summed E-state index contributed by atoms with van der Waals surface area (Å²) >= 11 is 0. The molecule has 4 nitrogen and oxygen atoms in total. The van der Waals surface area contributed by atoms with Gasteiger partial charge in [0.05, 0.1) is 6.10 Å². The molecular formula is C10H15N3O.